The maximum Gasteiger partial charge on any atom is 0.148 e. The third kappa shape index (κ3) is 1.52. The first-order valence-corrected chi connectivity index (χ1v) is 4.46. The lowest BCUT2D eigenvalue weighted by Gasteiger charge is -2.04. The van der Waals surface area contributed by atoms with Gasteiger partial charge in [-0.05, 0) is 6.92 Å². The number of anilines is 1. The van der Waals surface area contributed by atoms with E-state index in [2.05, 4.69) is 10.2 Å². The second kappa shape index (κ2) is 3.55. The van der Waals surface area contributed by atoms with Gasteiger partial charge in [0.2, 0.25) is 0 Å². The number of aromatic nitrogens is 2. The molecule has 3 N–H and O–H groups in total. The molecule has 0 aliphatic carbocycles. The minimum atomic E-state index is -0.996. The van der Waals surface area contributed by atoms with Crippen LogP contribution in [0.25, 0.3) is 11.3 Å². The molecule has 1 aromatic heterocycles. The average Bonchev–Trinajstić information content (AvgIpc) is 2.48. The number of aromatic amines is 1. The minimum absolute atomic E-state index is 0.118. The third-order valence-corrected chi connectivity index (χ3v) is 2.30. The minimum Gasteiger partial charge on any atom is -0.382 e. The Balaban J connectivity index is 2.69. The maximum atomic E-state index is 13.4. The number of benzene rings is 1. The fourth-order valence-electron chi connectivity index (χ4n) is 1.44. The first kappa shape index (κ1) is 10.5. The molecule has 0 atom stereocenters. The number of nitrogens with two attached hydrogens (primary N) is 1. The van der Waals surface area contributed by atoms with E-state index in [0.29, 0.717) is 17.7 Å². The molecular formula is C10H8F3N3. The van der Waals surface area contributed by atoms with E-state index >= 15 is 0 Å². The van der Waals surface area contributed by atoms with Crippen molar-refractivity contribution >= 4 is 5.82 Å². The molecule has 2 rings (SSSR count). The summed E-state index contributed by atoms with van der Waals surface area (Å²) in [7, 11) is 0. The molecule has 0 fully saturated rings. The number of H-pyrrole nitrogens is 1. The van der Waals surface area contributed by atoms with Crippen LogP contribution in [0.2, 0.25) is 0 Å². The van der Waals surface area contributed by atoms with Gasteiger partial charge in [-0.3, -0.25) is 5.10 Å². The second-order valence-electron chi connectivity index (χ2n) is 3.35. The van der Waals surface area contributed by atoms with Gasteiger partial charge >= 0.3 is 0 Å². The van der Waals surface area contributed by atoms with Gasteiger partial charge in [-0.15, -0.1) is 0 Å². The van der Waals surface area contributed by atoms with Gasteiger partial charge in [0.05, 0.1) is 11.3 Å². The molecule has 0 aliphatic rings. The summed E-state index contributed by atoms with van der Waals surface area (Å²) < 4.78 is 39.5. The molecule has 0 bridgehead atoms. The number of hydrogen-bond donors (Lipinski definition) is 2. The van der Waals surface area contributed by atoms with E-state index in [4.69, 9.17) is 5.73 Å². The van der Waals surface area contributed by atoms with Crippen molar-refractivity contribution < 1.29 is 13.2 Å². The summed E-state index contributed by atoms with van der Waals surface area (Å²) in [6.07, 6.45) is 0. The molecule has 0 saturated heterocycles. The zero-order valence-corrected chi connectivity index (χ0v) is 8.31. The van der Waals surface area contributed by atoms with E-state index in [1.165, 1.54) is 0 Å². The normalized spacial score (nSPS) is 10.8. The predicted octanol–water partition coefficient (Wildman–Crippen LogP) is 2.38. The molecular weight excluding hydrogens is 219 g/mol. The summed E-state index contributed by atoms with van der Waals surface area (Å²) in [5, 5.41) is 6.04. The summed E-state index contributed by atoms with van der Waals surface area (Å²) in [5.41, 5.74) is 5.63. The van der Waals surface area contributed by atoms with Crippen LogP contribution in [0.1, 0.15) is 5.56 Å². The van der Waals surface area contributed by atoms with Crippen molar-refractivity contribution in [2.45, 2.75) is 6.92 Å². The van der Waals surface area contributed by atoms with Crippen molar-refractivity contribution in [3.63, 3.8) is 0 Å². The summed E-state index contributed by atoms with van der Waals surface area (Å²) in [4.78, 5) is 0. The smallest absolute Gasteiger partial charge is 0.148 e. The van der Waals surface area contributed by atoms with Crippen LogP contribution in [-0.4, -0.2) is 10.2 Å². The Labute approximate surface area is 89.1 Å². The molecule has 0 radical (unpaired) electrons. The Bertz CT molecular complexity index is 525. The van der Waals surface area contributed by atoms with Crippen LogP contribution in [0.5, 0.6) is 0 Å². The summed E-state index contributed by atoms with van der Waals surface area (Å²) >= 11 is 0. The van der Waals surface area contributed by atoms with Crippen molar-refractivity contribution in [2.24, 2.45) is 0 Å². The maximum absolute atomic E-state index is 13.4. The predicted molar refractivity (Wildman–Crippen MR) is 53.0 cm³/mol. The number of nitrogens with zero attached hydrogens (tertiary/aromatic N) is 1. The average molecular weight is 227 g/mol. The molecule has 0 spiro atoms. The van der Waals surface area contributed by atoms with E-state index in [0.717, 1.165) is 0 Å². The van der Waals surface area contributed by atoms with Crippen LogP contribution in [0.4, 0.5) is 19.0 Å². The number of halogens is 3. The highest BCUT2D eigenvalue weighted by atomic mass is 19.1. The molecule has 0 unspecified atom stereocenters. The molecule has 0 saturated carbocycles. The monoisotopic (exact) mass is 227 g/mol. The highest BCUT2D eigenvalue weighted by Gasteiger charge is 2.18. The topological polar surface area (TPSA) is 54.7 Å². The molecule has 2 aromatic rings. The van der Waals surface area contributed by atoms with E-state index in [9.17, 15) is 13.2 Å². The highest BCUT2D eigenvalue weighted by Crippen LogP contribution is 2.29. The van der Waals surface area contributed by atoms with Crippen LogP contribution in [0.15, 0.2) is 12.1 Å². The van der Waals surface area contributed by atoms with Crippen LogP contribution < -0.4 is 5.73 Å². The van der Waals surface area contributed by atoms with Crippen LogP contribution in [0.3, 0.4) is 0 Å². The molecule has 0 amide bonds. The molecule has 1 heterocycles. The van der Waals surface area contributed by atoms with E-state index in [1.54, 1.807) is 6.92 Å². The van der Waals surface area contributed by atoms with Crippen LogP contribution >= 0.6 is 0 Å². The Morgan fingerprint density at radius 3 is 2.19 bits per heavy atom. The first-order chi connectivity index (χ1) is 7.50. The number of nitrogens with one attached hydrogen (secondary N) is 1. The van der Waals surface area contributed by atoms with Gasteiger partial charge in [0.1, 0.15) is 23.3 Å². The van der Waals surface area contributed by atoms with E-state index in [1.807, 2.05) is 0 Å². The van der Waals surface area contributed by atoms with E-state index in [-0.39, 0.29) is 17.1 Å². The standard InChI is InChI=1S/C10H8F3N3/c1-4-9(15-16-10(4)14)8-6(12)2-5(11)3-7(8)13/h2-3H,1H3,(H3,14,15,16). The van der Waals surface area contributed by atoms with Crippen LogP contribution in [0, 0.1) is 24.4 Å². The fourth-order valence-corrected chi connectivity index (χ4v) is 1.44. The number of rotatable bonds is 1. The molecule has 3 nitrogen and oxygen atoms in total. The Morgan fingerprint density at radius 2 is 1.75 bits per heavy atom. The van der Waals surface area contributed by atoms with Crippen molar-refractivity contribution in [3.8, 4) is 11.3 Å². The zero-order valence-electron chi connectivity index (χ0n) is 8.31. The zero-order chi connectivity index (χ0) is 11.9. The Kier molecular flexibility index (Phi) is 2.34. The Hall–Kier alpha value is -1.98. The SMILES string of the molecule is Cc1c(N)n[nH]c1-c1c(F)cc(F)cc1F. The fraction of sp³-hybridized carbons (Fsp3) is 0.100. The third-order valence-electron chi connectivity index (χ3n) is 2.30. The van der Waals surface area contributed by atoms with Crippen molar-refractivity contribution in [3.05, 3.63) is 35.1 Å². The number of hydrogen-bond acceptors (Lipinski definition) is 2. The van der Waals surface area contributed by atoms with Gasteiger partial charge in [-0.25, -0.2) is 13.2 Å². The van der Waals surface area contributed by atoms with Crippen molar-refractivity contribution in [2.75, 3.05) is 5.73 Å². The van der Waals surface area contributed by atoms with Gasteiger partial charge in [0.15, 0.2) is 0 Å². The molecule has 0 aliphatic heterocycles. The largest absolute Gasteiger partial charge is 0.382 e. The quantitative estimate of drug-likeness (QED) is 0.785. The van der Waals surface area contributed by atoms with Crippen molar-refractivity contribution in [1.29, 1.82) is 0 Å². The second-order valence-corrected chi connectivity index (χ2v) is 3.35. The van der Waals surface area contributed by atoms with Crippen molar-refractivity contribution in [1.82, 2.24) is 10.2 Å². The first-order valence-electron chi connectivity index (χ1n) is 4.46. The summed E-state index contributed by atoms with van der Waals surface area (Å²) in [6.45, 7) is 1.57. The Morgan fingerprint density at radius 1 is 1.19 bits per heavy atom. The summed E-state index contributed by atoms with van der Waals surface area (Å²) in [5.74, 6) is -2.81. The van der Waals surface area contributed by atoms with E-state index < -0.39 is 17.5 Å². The lowest BCUT2D eigenvalue weighted by molar-refractivity contribution is 0.547. The lowest BCUT2D eigenvalue weighted by atomic mass is 10.1. The highest BCUT2D eigenvalue weighted by molar-refractivity contribution is 5.68. The van der Waals surface area contributed by atoms with Gasteiger partial charge < -0.3 is 5.73 Å². The number of nitrogen functional groups attached to an aromatic ring is 1. The molecule has 16 heavy (non-hydrogen) atoms. The molecule has 1 aromatic carbocycles. The lowest BCUT2D eigenvalue weighted by Crippen LogP contribution is -1.94. The molecule has 84 valence electrons. The van der Waals surface area contributed by atoms with Gasteiger partial charge in [-0.2, -0.15) is 5.10 Å². The van der Waals surface area contributed by atoms with Gasteiger partial charge in [0, 0.05) is 17.7 Å². The van der Waals surface area contributed by atoms with Gasteiger partial charge in [0.25, 0.3) is 0 Å². The van der Waals surface area contributed by atoms with Crippen LogP contribution in [-0.2, 0) is 0 Å². The van der Waals surface area contributed by atoms with Gasteiger partial charge in [-0.1, -0.05) is 0 Å². The molecule has 6 heteroatoms. The summed E-state index contributed by atoms with van der Waals surface area (Å²) in [6, 6.07) is 1.21.